The van der Waals surface area contributed by atoms with E-state index in [1.54, 1.807) is 27.7 Å². The average Bonchev–Trinajstić information content (AvgIpc) is 2.50. The van der Waals surface area contributed by atoms with E-state index in [1.807, 2.05) is 13.8 Å². The van der Waals surface area contributed by atoms with Crippen LogP contribution in [0.3, 0.4) is 0 Å². The Hall–Kier alpha value is -1.97. The van der Waals surface area contributed by atoms with Crippen molar-refractivity contribution in [1.82, 2.24) is 0 Å². The molecule has 0 bridgehead atoms. The maximum Gasteiger partial charge on any atom is 0.335 e. The second kappa shape index (κ2) is 9.87. The lowest BCUT2D eigenvalue weighted by Gasteiger charge is -2.19. The number of nitrogens with zero attached hydrogens (tertiary/aromatic N) is 3. The van der Waals surface area contributed by atoms with E-state index in [1.165, 1.54) is 14.2 Å². The summed E-state index contributed by atoms with van der Waals surface area (Å²) in [5, 5.41) is 15.7. The summed E-state index contributed by atoms with van der Waals surface area (Å²) in [6.07, 6.45) is 0.969. The number of hydrogen-bond donors (Lipinski definition) is 0. The normalized spacial score (nSPS) is 12.7. The molecule has 0 N–H and O–H groups in total. The third kappa shape index (κ3) is 8.35. The van der Waals surface area contributed by atoms with Crippen LogP contribution in [-0.2, 0) is 19.1 Å². The third-order valence-corrected chi connectivity index (χ3v) is 2.75. The van der Waals surface area contributed by atoms with Gasteiger partial charge in [-0.3, -0.25) is 0 Å². The topological polar surface area (TPSA) is 101 Å². The number of azo groups is 1. The van der Waals surface area contributed by atoms with Crippen molar-refractivity contribution < 1.29 is 19.1 Å². The molecule has 0 rings (SSSR count). The Morgan fingerprint density at radius 2 is 1.36 bits per heavy atom. The summed E-state index contributed by atoms with van der Waals surface area (Å²) in [6, 6.07) is 2.11. The molecular weight excluding hydrogens is 286 g/mol. The number of esters is 2. The monoisotopic (exact) mass is 313 g/mol. The van der Waals surface area contributed by atoms with Crippen LogP contribution in [0.15, 0.2) is 10.2 Å². The predicted octanol–water partition coefficient (Wildman–Crippen LogP) is 2.90. The molecule has 0 saturated carbocycles. The number of hydrogen-bond acceptors (Lipinski definition) is 7. The molecule has 7 nitrogen and oxygen atoms in total. The van der Waals surface area contributed by atoms with Crippen LogP contribution >= 0.6 is 0 Å². The van der Waals surface area contributed by atoms with E-state index in [4.69, 9.17) is 5.26 Å². The summed E-state index contributed by atoms with van der Waals surface area (Å²) in [5.74, 6) is -0.793. The molecule has 0 fully saturated rings. The van der Waals surface area contributed by atoms with E-state index in [2.05, 4.69) is 25.8 Å². The minimum absolute atomic E-state index is 0.241. The van der Waals surface area contributed by atoms with Gasteiger partial charge >= 0.3 is 11.9 Å². The largest absolute Gasteiger partial charge is 0.467 e. The van der Waals surface area contributed by atoms with Crippen molar-refractivity contribution in [2.75, 3.05) is 14.2 Å². The highest BCUT2D eigenvalue weighted by atomic mass is 16.5. The lowest BCUT2D eigenvalue weighted by atomic mass is 10.1. The Bertz CT molecular complexity index is 407. The first-order valence-electron chi connectivity index (χ1n) is 6.99. The lowest BCUT2D eigenvalue weighted by molar-refractivity contribution is -0.148. The van der Waals surface area contributed by atoms with Gasteiger partial charge in [-0.25, -0.2) is 9.59 Å². The summed E-state index contributed by atoms with van der Waals surface area (Å²) in [5.41, 5.74) is -2.22. The van der Waals surface area contributed by atoms with Crippen LogP contribution < -0.4 is 0 Å². The number of ether oxygens (including phenoxy) is 2. The number of rotatable bonds is 5. The maximum atomic E-state index is 11.3. The molecule has 0 amide bonds. The smallest absolute Gasteiger partial charge is 0.335 e. The van der Waals surface area contributed by atoms with Crippen LogP contribution in [0.25, 0.3) is 0 Å². The lowest BCUT2D eigenvalue weighted by Crippen LogP contribution is -2.34. The van der Waals surface area contributed by atoms with Gasteiger partial charge in [0.2, 0.25) is 0 Å². The fourth-order valence-corrected chi connectivity index (χ4v) is 0.922. The van der Waals surface area contributed by atoms with Crippen molar-refractivity contribution in [3.05, 3.63) is 0 Å². The van der Waals surface area contributed by atoms with Crippen molar-refractivity contribution in [3.8, 4) is 6.07 Å². The van der Waals surface area contributed by atoms with Crippen LogP contribution in [0, 0.1) is 17.2 Å². The van der Waals surface area contributed by atoms with Crippen molar-refractivity contribution in [1.29, 1.82) is 5.26 Å². The zero-order valence-electron chi connectivity index (χ0n) is 14.8. The Kier molecular flexibility index (Phi) is 10.0. The molecule has 1 unspecified atom stereocenters. The molecule has 0 aliphatic rings. The average molecular weight is 313 g/mol. The Labute approximate surface area is 132 Å². The third-order valence-electron chi connectivity index (χ3n) is 2.75. The van der Waals surface area contributed by atoms with E-state index in [0.717, 1.165) is 6.42 Å². The number of carbonyl (C=O) groups excluding carboxylic acids is 2. The minimum atomic E-state index is -1.11. The van der Waals surface area contributed by atoms with Gasteiger partial charge in [0.05, 0.1) is 20.3 Å². The Morgan fingerprint density at radius 3 is 1.50 bits per heavy atom. The number of carbonyl (C=O) groups is 2. The SMILES string of the molecule is CCC(C)C#N.COC(=O)C(C)(C)N=NC(C)(C)C(=O)OC. The van der Waals surface area contributed by atoms with Gasteiger partial charge < -0.3 is 9.47 Å². The Morgan fingerprint density at radius 1 is 1.05 bits per heavy atom. The second-order valence-electron chi connectivity index (χ2n) is 5.74. The first-order valence-corrected chi connectivity index (χ1v) is 6.99. The zero-order valence-corrected chi connectivity index (χ0v) is 14.8. The van der Waals surface area contributed by atoms with Crippen LogP contribution in [-0.4, -0.2) is 37.2 Å². The van der Waals surface area contributed by atoms with Gasteiger partial charge in [-0.2, -0.15) is 15.5 Å². The quantitative estimate of drug-likeness (QED) is 0.573. The molecule has 126 valence electrons. The first-order chi connectivity index (χ1) is 9.98. The highest BCUT2D eigenvalue weighted by molar-refractivity contribution is 5.81. The molecule has 0 aromatic heterocycles. The summed E-state index contributed by atoms with van der Waals surface area (Å²) in [7, 11) is 2.54. The highest BCUT2D eigenvalue weighted by Gasteiger charge is 2.33. The van der Waals surface area contributed by atoms with Gasteiger partial charge in [0.25, 0.3) is 0 Å². The van der Waals surface area contributed by atoms with E-state index in [-0.39, 0.29) is 5.92 Å². The minimum Gasteiger partial charge on any atom is -0.467 e. The molecule has 0 aliphatic carbocycles. The van der Waals surface area contributed by atoms with Crippen LogP contribution in [0.1, 0.15) is 48.0 Å². The first kappa shape index (κ1) is 22.3. The summed E-state index contributed by atoms with van der Waals surface area (Å²) < 4.78 is 9.12. The molecule has 0 spiro atoms. The molecule has 0 aromatic rings. The number of nitriles is 1. The molecule has 0 heterocycles. The molecule has 0 saturated heterocycles. The van der Waals surface area contributed by atoms with Gasteiger partial charge in [-0.1, -0.05) is 6.92 Å². The van der Waals surface area contributed by atoms with E-state index in [0.29, 0.717) is 0 Å². The molecular formula is C15H27N3O4. The van der Waals surface area contributed by atoms with Gasteiger partial charge in [0, 0.05) is 5.92 Å². The van der Waals surface area contributed by atoms with Gasteiger partial charge in [0.15, 0.2) is 11.1 Å². The van der Waals surface area contributed by atoms with Crippen LogP contribution in [0.4, 0.5) is 0 Å². The fraction of sp³-hybridized carbons (Fsp3) is 0.800. The standard InChI is InChI=1S/C10H18N2O4.C5H9N/c1-9(2,7(13)15-5)11-12-10(3,4)8(14)16-6;1-3-5(2)4-6/h1-6H3;5H,3H2,1-2H3. The molecule has 0 aromatic carbocycles. The highest BCUT2D eigenvalue weighted by Crippen LogP contribution is 2.17. The van der Waals surface area contributed by atoms with E-state index >= 15 is 0 Å². The van der Waals surface area contributed by atoms with Crippen LogP contribution in [0.5, 0.6) is 0 Å². The van der Waals surface area contributed by atoms with E-state index in [9.17, 15) is 9.59 Å². The van der Waals surface area contributed by atoms with Gasteiger partial charge in [-0.15, -0.1) is 0 Å². The predicted molar refractivity (Wildman–Crippen MR) is 82.1 cm³/mol. The molecule has 22 heavy (non-hydrogen) atoms. The summed E-state index contributed by atoms with van der Waals surface area (Å²) in [6.45, 7) is 10.1. The molecule has 0 radical (unpaired) electrons. The molecule has 0 aliphatic heterocycles. The van der Waals surface area contributed by atoms with Crippen molar-refractivity contribution >= 4 is 11.9 Å². The van der Waals surface area contributed by atoms with E-state index < -0.39 is 23.0 Å². The fourth-order valence-electron chi connectivity index (χ4n) is 0.922. The molecule has 1 atom stereocenters. The number of methoxy groups -OCH3 is 2. The summed E-state index contributed by atoms with van der Waals surface area (Å²) in [4.78, 5) is 22.6. The van der Waals surface area contributed by atoms with Gasteiger partial charge in [0.1, 0.15) is 0 Å². The second-order valence-corrected chi connectivity index (χ2v) is 5.74. The van der Waals surface area contributed by atoms with Gasteiger partial charge in [-0.05, 0) is 41.0 Å². The van der Waals surface area contributed by atoms with Crippen LogP contribution in [0.2, 0.25) is 0 Å². The zero-order chi connectivity index (χ0) is 18.0. The molecule has 7 heteroatoms. The van der Waals surface area contributed by atoms with Crippen molar-refractivity contribution in [2.24, 2.45) is 16.1 Å². The maximum absolute atomic E-state index is 11.3. The van der Waals surface area contributed by atoms with Crippen molar-refractivity contribution in [3.63, 3.8) is 0 Å². The summed E-state index contributed by atoms with van der Waals surface area (Å²) >= 11 is 0. The Balaban J connectivity index is 0. The van der Waals surface area contributed by atoms with Crippen molar-refractivity contribution in [2.45, 2.75) is 59.0 Å².